The van der Waals surface area contributed by atoms with Crippen LogP contribution in [-0.2, 0) is 16.5 Å². The first kappa shape index (κ1) is 22.7. The zero-order chi connectivity index (χ0) is 24.4. The van der Waals surface area contributed by atoms with Crippen molar-refractivity contribution >= 4 is 34.6 Å². The smallest absolute Gasteiger partial charge is 0.337 e. The SMILES string of the molecule is COC(=O)c1cc(NC(=O)c2cc(-c3ccccc3)nc3c2c(C)nn3C)cc(C(=O)OC)c1. The van der Waals surface area contributed by atoms with Gasteiger partial charge < -0.3 is 14.8 Å². The van der Waals surface area contributed by atoms with E-state index in [0.717, 1.165) is 5.56 Å². The van der Waals surface area contributed by atoms with Gasteiger partial charge in [-0.25, -0.2) is 14.6 Å². The Labute approximate surface area is 195 Å². The number of esters is 2. The van der Waals surface area contributed by atoms with E-state index in [2.05, 4.69) is 10.4 Å². The fourth-order valence-electron chi connectivity index (χ4n) is 3.75. The third-order valence-corrected chi connectivity index (χ3v) is 5.32. The van der Waals surface area contributed by atoms with Crippen LogP contribution in [0.3, 0.4) is 0 Å². The molecule has 0 fully saturated rings. The van der Waals surface area contributed by atoms with Crippen molar-refractivity contribution in [3.05, 3.63) is 77.0 Å². The molecule has 2 aromatic carbocycles. The molecule has 0 radical (unpaired) electrons. The van der Waals surface area contributed by atoms with E-state index in [1.165, 1.54) is 32.4 Å². The quantitative estimate of drug-likeness (QED) is 0.453. The molecule has 1 N–H and O–H groups in total. The van der Waals surface area contributed by atoms with Gasteiger partial charge in [0.1, 0.15) is 0 Å². The Morgan fingerprint density at radius 3 is 2.12 bits per heavy atom. The Morgan fingerprint density at radius 2 is 1.53 bits per heavy atom. The van der Waals surface area contributed by atoms with E-state index in [1.807, 2.05) is 30.3 Å². The minimum absolute atomic E-state index is 0.100. The summed E-state index contributed by atoms with van der Waals surface area (Å²) in [6, 6.07) is 15.4. The van der Waals surface area contributed by atoms with E-state index >= 15 is 0 Å². The van der Waals surface area contributed by atoms with E-state index in [9.17, 15) is 14.4 Å². The first-order valence-corrected chi connectivity index (χ1v) is 10.3. The van der Waals surface area contributed by atoms with Gasteiger partial charge in [0, 0.05) is 18.3 Å². The number of carbonyl (C=O) groups excluding carboxylic acids is 3. The summed E-state index contributed by atoms with van der Waals surface area (Å²) in [5, 5.41) is 7.82. The number of carbonyl (C=O) groups is 3. The number of aryl methyl sites for hydroxylation is 2. The summed E-state index contributed by atoms with van der Waals surface area (Å²) in [5.41, 5.74) is 3.46. The van der Waals surface area contributed by atoms with Crippen LogP contribution in [0.2, 0.25) is 0 Å². The normalized spacial score (nSPS) is 10.7. The van der Waals surface area contributed by atoms with Crippen molar-refractivity contribution in [2.24, 2.45) is 7.05 Å². The largest absolute Gasteiger partial charge is 0.465 e. The van der Waals surface area contributed by atoms with Crippen LogP contribution in [0.4, 0.5) is 5.69 Å². The molecule has 0 aliphatic rings. The van der Waals surface area contributed by atoms with Gasteiger partial charge in [0.05, 0.1) is 47.7 Å². The van der Waals surface area contributed by atoms with E-state index in [4.69, 9.17) is 14.5 Å². The molecule has 4 aromatic rings. The second kappa shape index (κ2) is 9.14. The Balaban J connectivity index is 1.82. The minimum atomic E-state index is -0.651. The lowest BCUT2D eigenvalue weighted by Gasteiger charge is -2.11. The highest BCUT2D eigenvalue weighted by atomic mass is 16.5. The van der Waals surface area contributed by atoms with Crippen LogP contribution in [-0.4, -0.2) is 46.8 Å². The fourth-order valence-corrected chi connectivity index (χ4v) is 3.75. The number of benzene rings is 2. The highest BCUT2D eigenvalue weighted by Crippen LogP contribution is 2.28. The van der Waals surface area contributed by atoms with Gasteiger partial charge in [-0.15, -0.1) is 0 Å². The Kier molecular flexibility index (Phi) is 6.09. The van der Waals surface area contributed by atoms with Gasteiger partial charge in [0.15, 0.2) is 5.65 Å². The zero-order valence-electron chi connectivity index (χ0n) is 19.1. The summed E-state index contributed by atoms with van der Waals surface area (Å²) in [6.07, 6.45) is 0. The summed E-state index contributed by atoms with van der Waals surface area (Å²) < 4.78 is 11.2. The number of pyridine rings is 1. The lowest BCUT2D eigenvalue weighted by molar-refractivity contribution is 0.0599. The van der Waals surface area contributed by atoms with Crippen LogP contribution in [0.5, 0.6) is 0 Å². The highest BCUT2D eigenvalue weighted by molar-refractivity contribution is 6.14. The molecule has 0 bridgehead atoms. The minimum Gasteiger partial charge on any atom is -0.465 e. The van der Waals surface area contributed by atoms with Crippen molar-refractivity contribution in [3.8, 4) is 11.3 Å². The average molecular weight is 458 g/mol. The van der Waals surface area contributed by atoms with Gasteiger partial charge >= 0.3 is 11.9 Å². The first-order chi connectivity index (χ1) is 16.3. The van der Waals surface area contributed by atoms with E-state index in [0.29, 0.717) is 28.0 Å². The molecule has 0 unspecified atom stereocenters. The van der Waals surface area contributed by atoms with Crippen molar-refractivity contribution in [1.82, 2.24) is 14.8 Å². The number of nitrogens with one attached hydrogen (secondary N) is 1. The maximum absolute atomic E-state index is 13.5. The number of hydrogen-bond acceptors (Lipinski definition) is 7. The molecular weight excluding hydrogens is 436 g/mol. The number of aromatic nitrogens is 3. The Morgan fingerprint density at radius 1 is 0.912 bits per heavy atom. The maximum atomic E-state index is 13.5. The number of ether oxygens (including phenoxy) is 2. The van der Waals surface area contributed by atoms with Crippen LogP contribution in [0.1, 0.15) is 36.8 Å². The number of methoxy groups -OCH3 is 2. The average Bonchev–Trinajstić information content (AvgIpc) is 3.15. The predicted molar refractivity (Wildman–Crippen MR) is 126 cm³/mol. The van der Waals surface area contributed by atoms with Crippen molar-refractivity contribution in [2.75, 3.05) is 19.5 Å². The first-order valence-electron chi connectivity index (χ1n) is 10.3. The fraction of sp³-hybridized carbons (Fsp3) is 0.160. The van der Waals surface area contributed by atoms with E-state index < -0.39 is 17.8 Å². The molecule has 0 aliphatic carbocycles. The summed E-state index contributed by atoms with van der Waals surface area (Å²) >= 11 is 0. The van der Waals surface area contributed by atoms with Gasteiger partial charge in [0.25, 0.3) is 5.91 Å². The van der Waals surface area contributed by atoms with E-state index in [1.54, 1.807) is 24.7 Å². The summed E-state index contributed by atoms with van der Waals surface area (Å²) in [6.45, 7) is 1.80. The third kappa shape index (κ3) is 4.23. The molecule has 172 valence electrons. The second-order valence-electron chi connectivity index (χ2n) is 7.57. The van der Waals surface area contributed by atoms with Crippen molar-refractivity contribution < 1.29 is 23.9 Å². The number of amides is 1. The molecule has 1 amide bonds. The van der Waals surface area contributed by atoms with Gasteiger partial charge in [-0.2, -0.15) is 5.10 Å². The van der Waals surface area contributed by atoms with Gasteiger partial charge in [-0.1, -0.05) is 30.3 Å². The number of nitrogens with zero attached hydrogens (tertiary/aromatic N) is 3. The molecule has 2 aromatic heterocycles. The molecule has 0 saturated carbocycles. The topological polar surface area (TPSA) is 112 Å². The molecule has 9 nitrogen and oxygen atoms in total. The highest BCUT2D eigenvalue weighted by Gasteiger charge is 2.21. The molecule has 0 aliphatic heterocycles. The molecule has 2 heterocycles. The molecule has 0 saturated heterocycles. The molecule has 9 heteroatoms. The Bertz CT molecular complexity index is 1390. The lowest BCUT2D eigenvalue weighted by Crippen LogP contribution is -2.15. The van der Waals surface area contributed by atoms with Crippen LogP contribution < -0.4 is 5.32 Å². The maximum Gasteiger partial charge on any atom is 0.337 e. The van der Waals surface area contributed by atoms with Crippen molar-refractivity contribution in [2.45, 2.75) is 6.92 Å². The molecule has 0 spiro atoms. The molecular formula is C25H22N4O5. The number of fused-ring (bicyclic) bond motifs is 1. The second-order valence-corrected chi connectivity index (χ2v) is 7.57. The zero-order valence-corrected chi connectivity index (χ0v) is 19.1. The van der Waals surface area contributed by atoms with Crippen LogP contribution in [0, 0.1) is 6.92 Å². The van der Waals surface area contributed by atoms with E-state index in [-0.39, 0.29) is 16.8 Å². The van der Waals surface area contributed by atoms with Crippen LogP contribution in [0.25, 0.3) is 22.3 Å². The van der Waals surface area contributed by atoms with Crippen LogP contribution >= 0.6 is 0 Å². The van der Waals surface area contributed by atoms with Crippen molar-refractivity contribution in [1.29, 1.82) is 0 Å². The standard InChI is InChI=1S/C25H22N4O5/c1-14-21-19(13-20(15-8-6-5-7-9-15)27-22(21)29(2)28-14)23(30)26-18-11-16(24(31)33-3)10-17(12-18)25(32)34-4/h5-13H,1-4H3,(H,26,30). The van der Waals surface area contributed by atoms with Gasteiger partial charge in [-0.3, -0.25) is 9.48 Å². The number of anilines is 1. The summed E-state index contributed by atoms with van der Waals surface area (Å²) in [4.78, 5) is 42.4. The lowest BCUT2D eigenvalue weighted by atomic mass is 10.0. The summed E-state index contributed by atoms with van der Waals surface area (Å²) in [7, 11) is 4.23. The number of rotatable bonds is 5. The molecule has 4 rings (SSSR count). The van der Waals surface area contributed by atoms with Crippen LogP contribution in [0.15, 0.2) is 54.6 Å². The van der Waals surface area contributed by atoms with Crippen molar-refractivity contribution in [3.63, 3.8) is 0 Å². The van der Waals surface area contributed by atoms with Gasteiger partial charge in [-0.05, 0) is 31.2 Å². The number of hydrogen-bond donors (Lipinski definition) is 1. The van der Waals surface area contributed by atoms with Gasteiger partial charge in [0.2, 0.25) is 0 Å². The molecule has 0 atom stereocenters. The summed E-state index contributed by atoms with van der Waals surface area (Å²) in [5.74, 6) is -1.75. The Hall–Kier alpha value is -4.53. The predicted octanol–water partition coefficient (Wildman–Crippen LogP) is 3.77. The monoisotopic (exact) mass is 458 g/mol. The molecule has 34 heavy (non-hydrogen) atoms. The third-order valence-electron chi connectivity index (χ3n) is 5.32.